The van der Waals surface area contributed by atoms with Crippen LogP contribution in [0.3, 0.4) is 0 Å². The Hall–Kier alpha value is -1.32. The Balaban J connectivity index is 0.00000312. The van der Waals surface area contributed by atoms with Crippen LogP contribution >= 0.6 is 24.0 Å². The van der Waals surface area contributed by atoms with Crippen molar-refractivity contribution in [2.45, 2.75) is 33.9 Å². The maximum absolute atomic E-state index is 11.9. The zero-order valence-corrected chi connectivity index (χ0v) is 18.1. The summed E-state index contributed by atoms with van der Waals surface area (Å²) >= 11 is 0. The van der Waals surface area contributed by atoms with E-state index < -0.39 is 0 Å². The lowest BCUT2D eigenvalue weighted by atomic mass is 9.99. The summed E-state index contributed by atoms with van der Waals surface area (Å²) < 4.78 is 7.06. The molecule has 0 aliphatic carbocycles. The van der Waals surface area contributed by atoms with Crippen molar-refractivity contribution >= 4 is 35.9 Å². The maximum atomic E-state index is 11.9. The predicted molar refractivity (Wildman–Crippen MR) is 109 cm³/mol. The average molecular weight is 463 g/mol. The molecule has 0 aromatic carbocycles. The van der Waals surface area contributed by atoms with E-state index in [1.807, 2.05) is 12.4 Å². The van der Waals surface area contributed by atoms with Crippen molar-refractivity contribution in [3.63, 3.8) is 0 Å². The van der Waals surface area contributed by atoms with E-state index in [2.05, 4.69) is 45.5 Å². The minimum absolute atomic E-state index is 0. The molecule has 1 saturated heterocycles. The quantitative estimate of drug-likeness (QED) is 0.313. The number of aliphatic imine (C=N–C) groups is 1. The fourth-order valence-electron chi connectivity index (χ4n) is 3.16. The number of aromatic nitrogens is 2. The molecule has 1 aliphatic rings. The number of rotatable bonds is 5. The van der Waals surface area contributed by atoms with Gasteiger partial charge in [0.1, 0.15) is 5.82 Å². The standard InChI is InChI=1S/C17H29N5O2.HI/c1-12(2)9-21-7-6-19-15(21)8-20-17(18-4)22-10-13(3)14(11-22)16(23)24-5;/h6-7,12-14H,8-11H2,1-5H3,(H,18,20);1H. The van der Waals surface area contributed by atoms with Gasteiger partial charge in [0.15, 0.2) is 5.96 Å². The van der Waals surface area contributed by atoms with Gasteiger partial charge in [-0.1, -0.05) is 20.8 Å². The third kappa shape index (κ3) is 5.58. The molecule has 1 aromatic heterocycles. The average Bonchev–Trinajstić information content (AvgIpc) is 3.13. The van der Waals surface area contributed by atoms with Crippen molar-refractivity contribution in [2.24, 2.45) is 22.7 Å². The maximum Gasteiger partial charge on any atom is 0.310 e. The van der Waals surface area contributed by atoms with Gasteiger partial charge in [-0.3, -0.25) is 9.79 Å². The number of guanidine groups is 1. The molecule has 1 fully saturated rings. The Bertz CT molecular complexity index is 587. The minimum atomic E-state index is -0.145. The highest BCUT2D eigenvalue weighted by molar-refractivity contribution is 14.0. The van der Waals surface area contributed by atoms with Gasteiger partial charge >= 0.3 is 5.97 Å². The zero-order chi connectivity index (χ0) is 17.7. The molecular formula is C17H30IN5O2. The first-order valence-corrected chi connectivity index (χ1v) is 8.49. The summed E-state index contributed by atoms with van der Waals surface area (Å²) in [6.45, 7) is 9.43. The number of hydrogen-bond donors (Lipinski definition) is 1. The van der Waals surface area contributed by atoms with Crippen LogP contribution in [0, 0.1) is 17.8 Å². The van der Waals surface area contributed by atoms with Crippen LogP contribution in [0.5, 0.6) is 0 Å². The van der Waals surface area contributed by atoms with Crippen LogP contribution in [0.15, 0.2) is 17.4 Å². The van der Waals surface area contributed by atoms with Gasteiger partial charge in [0.05, 0.1) is 19.6 Å². The Morgan fingerprint density at radius 3 is 2.80 bits per heavy atom. The van der Waals surface area contributed by atoms with Gasteiger partial charge in [0.25, 0.3) is 0 Å². The summed E-state index contributed by atoms with van der Waals surface area (Å²) in [5.41, 5.74) is 0. The van der Waals surface area contributed by atoms with Gasteiger partial charge in [-0.05, 0) is 11.8 Å². The molecule has 2 rings (SSSR count). The minimum Gasteiger partial charge on any atom is -0.469 e. The van der Waals surface area contributed by atoms with E-state index in [9.17, 15) is 4.79 Å². The van der Waals surface area contributed by atoms with Crippen molar-refractivity contribution in [1.82, 2.24) is 19.8 Å². The van der Waals surface area contributed by atoms with E-state index >= 15 is 0 Å². The highest BCUT2D eigenvalue weighted by atomic mass is 127. The third-order valence-corrected chi connectivity index (χ3v) is 4.40. The van der Waals surface area contributed by atoms with Crippen LogP contribution in [0.25, 0.3) is 0 Å². The Morgan fingerprint density at radius 2 is 2.20 bits per heavy atom. The molecule has 0 spiro atoms. The zero-order valence-electron chi connectivity index (χ0n) is 15.7. The molecule has 142 valence electrons. The first kappa shape index (κ1) is 21.7. The van der Waals surface area contributed by atoms with E-state index in [1.54, 1.807) is 7.05 Å². The summed E-state index contributed by atoms with van der Waals surface area (Å²) in [5, 5.41) is 3.37. The highest BCUT2D eigenvalue weighted by Crippen LogP contribution is 2.24. The summed E-state index contributed by atoms with van der Waals surface area (Å²) in [6.07, 6.45) is 3.83. The lowest BCUT2D eigenvalue weighted by Crippen LogP contribution is -2.40. The Labute approximate surface area is 167 Å². The Morgan fingerprint density at radius 1 is 1.48 bits per heavy atom. The van der Waals surface area contributed by atoms with Crippen molar-refractivity contribution < 1.29 is 9.53 Å². The molecule has 1 aromatic rings. The van der Waals surface area contributed by atoms with Crippen molar-refractivity contribution in [1.29, 1.82) is 0 Å². The van der Waals surface area contributed by atoms with Crippen LogP contribution < -0.4 is 5.32 Å². The van der Waals surface area contributed by atoms with Crippen LogP contribution in [0.4, 0.5) is 0 Å². The van der Waals surface area contributed by atoms with E-state index in [1.165, 1.54) is 7.11 Å². The summed E-state index contributed by atoms with van der Waals surface area (Å²) in [4.78, 5) is 22.7. The lowest BCUT2D eigenvalue weighted by Gasteiger charge is -2.21. The van der Waals surface area contributed by atoms with E-state index in [4.69, 9.17) is 4.74 Å². The van der Waals surface area contributed by atoms with Gasteiger partial charge in [-0.25, -0.2) is 4.98 Å². The number of ether oxygens (including phenoxy) is 1. The molecule has 8 heteroatoms. The van der Waals surface area contributed by atoms with Gasteiger partial charge in [0.2, 0.25) is 0 Å². The second-order valence-electron chi connectivity index (χ2n) is 6.80. The molecule has 7 nitrogen and oxygen atoms in total. The summed E-state index contributed by atoms with van der Waals surface area (Å²) in [5.74, 6) is 2.36. The number of methoxy groups -OCH3 is 1. The van der Waals surface area contributed by atoms with Gasteiger partial charge < -0.3 is 19.5 Å². The first-order valence-electron chi connectivity index (χ1n) is 8.49. The fourth-order valence-corrected chi connectivity index (χ4v) is 3.16. The van der Waals surface area contributed by atoms with E-state index in [0.717, 1.165) is 24.9 Å². The smallest absolute Gasteiger partial charge is 0.310 e. The number of carbonyl (C=O) groups excluding carboxylic acids is 1. The number of likely N-dealkylation sites (tertiary alicyclic amines) is 1. The molecule has 0 amide bonds. The summed E-state index contributed by atoms with van der Waals surface area (Å²) in [7, 11) is 3.21. The number of carbonyl (C=O) groups is 1. The van der Waals surface area contributed by atoms with Crippen LogP contribution in [0.2, 0.25) is 0 Å². The Kier molecular flexibility index (Phi) is 8.67. The number of nitrogens with zero attached hydrogens (tertiary/aromatic N) is 4. The van der Waals surface area contributed by atoms with E-state index in [0.29, 0.717) is 19.0 Å². The number of nitrogens with one attached hydrogen (secondary N) is 1. The van der Waals surface area contributed by atoms with Gasteiger partial charge in [0, 0.05) is 39.1 Å². The largest absolute Gasteiger partial charge is 0.469 e. The number of halogens is 1. The van der Waals surface area contributed by atoms with Crippen LogP contribution in [-0.4, -0.2) is 53.6 Å². The third-order valence-electron chi connectivity index (χ3n) is 4.40. The van der Waals surface area contributed by atoms with Crippen LogP contribution in [-0.2, 0) is 22.6 Å². The SMILES string of the molecule is CN=C(NCc1nccn1CC(C)C)N1CC(C)C(C(=O)OC)C1.I. The molecule has 1 N–H and O–H groups in total. The molecule has 0 radical (unpaired) electrons. The number of esters is 1. The predicted octanol–water partition coefficient (Wildman–Crippen LogP) is 1.97. The van der Waals surface area contributed by atoms with Crippen LogP contribution in [0.1, 0.15) is 26.6 Å². The monoisotopic (exact) mass is 463 g/mol. The fraction of sp³-hybridized carbons (Fsp3) is 0.706. The molecular weight excluding hydrogens is 433 g/mol. The molecule has 25 heavy (non-hydrogen) atoms. The molecule has 1 aliphatic heterocycles. The molecule has 0 saturated carbocycles. The van der Waals surface area contributed by atoms with Crippen molar-refractivity contribution in [2.75, 3.05) is 27.2 Å². The first-order chi connectivity index (χ1) is 11.5. The molecule has 2 atom stereocenters. The highest BCUT2D eigenvalue weighted by Gasteiger charge is 2.36. The van der Waals surface area contributed by atoms with Gasteiger partial charge in [-0.15, -0.1) is 24.0 Å². The normalized spacial score (nSPS) is 20.6. The van der Waals surface area contributed by atoms with Crippen molar-refractivity contribution in [3.8, 4) is 0 Å². The van der Waals surface area contributed by atoms with Crippen molar-refractivity contribution in [3.05, 3.63) is 18.2 Å². The second-order valence-corrected chi connectivity index (χ2v) is 6.80. The lowest BCUT2D eigenvalue weighted by molar-refractivity contribution is -0.145. The number of imidazole rings is 1. The molecule has 2 heterocycles. The number of hydrogen-bond acceptors (Lipinski definition) is 4. The molecule has 0 bridgehead atoms. The second kappa shape index (κ2) is 9.98. The topological polar surface area (TPSA) is 71.8 Å². The van der Waals surface area contributed by atoms with Gasteiger partial charge in [-0.2, -0.15) is 0 Å². The molecule has 2 unspecified atom stereocenters. The summed E-state index contributed by atoms with van der Waals surface area (Å²) in [6, 6.07) is 0. The van der Waals surface area contributed by atoms with E-state index in [-0.39, 0.29) is 41.8 Å².